The van der Waals surface area contributed by atoms with Crippen LogP contribution in [0.25, 0.3) is 0 Å². The summed E-state index contributed by atoms with van der Waals surface area (Å²) in [6.07, 6.45) is 2.90. The molecule has 2 heterocycles. The van der Waals surface area contributed by atoms with Crippen LogP contribution in [0.4, 0.5) is 11.8 Å². The Balaban J connectivity index is 1.82. The van der Waals surface area contributed by atoms with Gasteiger partial charge in [-0.25, -0.2) is 15.4 Å². The third kappa shape index (κ3) is 6.51. The van der Waals surface area contributed by atoms with E-state index in [0.29, 0.717) is 11.9 Å². The average Bonchev–Trinajstić information content (AvgIpc) is 2.75. The Morgan fingerprint density at radius 3 is 2.55 bits per heavy atom. The molecule has 0 saturated carbocycles. The molecule has 1 aliphatic heterocycles. The Hall–Kier alpha value is -2.51. The second-order valence-electron chi connectivity index (χ2n) is 7.40. The summed E-state index contributed by atoms with van der Waals surface area (Å²) >= 11 is 0. The van der Waals surface area contributed by atoms with E-state index in [1.54, 1.807) is 0 Å². The number of piperazine rings is 1. The molecule has 2 aromatic rings. The summed E-state index contributed by atoms with van der Waals surface area (Å²) in [5.41, 5.74) is 8.77. The van der Waals surface area contributed by atoms with Crippen molar-refractivity contribution in [2.75, 3.05) is 31.1 Å². The van der Waals surface area contributed by atoms with Gasteiger partial charge in [-0.3, -0.25) is 0 Å². The zero-order chi connectivity index (χ0) is 20.5. The minimum absolute atomic E-state index is 0.426. The molecule has 7 heteroatoms. The maximum atomic E-state index is 4.84. The molecule has 3 rings (SSSR count). The first kappa shape index (κ1) is 21.2. The zero-order valence-electron chi connectivity index (χ0n) is 17.8. The number of benzene rings is 1. The van der Waals surface area contributed by atoms with E-state index < -0.39 is 0 Å². The molecule has 0 radical (unpaired) electrons. The van der Waals surface area contributed by atoms with E-state index in [9.17, 15) is 0 Å². The topological polar surface area (TPSA) is 77.5 Å². The number of hydrazine groups is 1. The Morgan fingerprint density at radius 1 is 1.14 bits per heavy atom. The Morgan fingerprint density at radius 2 is 1.86 bits per heavy atom. The monoisotopic (exact) mass is 395 g/mol. The van der Waals surface area contributed by atoms with Gasteiger partial charge < -0.3 is 15.6 Å². The van der Waals surface area contributed by atoms with E-state index >= 15 is 0 Å². The van der Waals surface area contributed by atoms with Gasteiger partial charge in [-0.15, -0.1) is 0 Å². The normalized spacial score (nSPS) is 15.0. The van der Waals surface area contributed by atoms with Crippen molar-refractivity contribution in [3.63, 3.8) is 0 Å². The molecule has 0 spiro atoms. The van der Waals surface area contributed by atoms with Crippen LogP contribution in [0, 0.1) is 0 Å². The van der Waals surface area contributed by atoms with Crippen LogP contribution in [-0.4, -0.2) is 48.0 Å². The van der Waals surface area contributed by atoms with Gasteiger partial charge in [0.05, 0.1) is 5.69 Å². The quantitative estimate of drug-likeness (QED) is 0.362. The van der Waals surface area contributed by atoms with Crippen molar-refractivity contribution in [2.45, 2.75) is 46.1 Å². The van der Waals surface area contributed by atoms with Gasteiger partial charge in [0, 0.05) is 44.7 Å². The first-order chi connectivity index (χ1) is 14.2. The highest BCUT2D eigenvalue weighted by Crippen LogP contribution is 2.19. The van der Waals surface area contributed by atoms with Gasteiger partial charge in [-0.05, 0) is 25.3 Å². The fraction of sp³-hybridized carbons (Fsp3) is 0.500. The summed E-state index contributed by atoms with van der Waals surface area (Å²) in [5, 5.41) is 3.38. The van der Waals surface area contributed by atoms with Crippen molar-refractivity contribution < 1.29 is 0 Å². The first-order valence-corrected chi connectivity index (χ1v) is 10.6. The predicted octanol–water partition coefficient (Wildman–Crippen LogP) is 2.81. The van der Waals surface area contributed by atoms with Gasteiger partial charge in [0.2, 0.25) is 5.95 Å². The summed E-state index contributed by atoms with van der Waals surface area (Å²) in [6.45, 7) is 10.0. The number of rotatable bonds is 8. The first-order valence-electron chi connectivity index (χ1n) is 10.6. The summed E-state index contributed by atoms with van der Waals surface area (Å²) in [7, 11) is 0. The van der Waals surface area contributed by atoms with Gasteiger partial charge in [-0.2, -0.15) is 4.98 Å². The van der Waals surface area contributed by atoms with Crippen LogP contribution in [0.15, 0.2) is 41.4 Å². The molecule has 1 aromatic heterocycles. The molecule has 3 N–H and O–H groups in total. The maximum absolute atomic E-state index is 4.84. The molecule has 1 fully saturated rings. The van der Waals surface area contributed by atoms with E-state index in [2.05, 4.69) is 59.2 Å². The van der Waals surface area contributed by atoms with Crippen LogP contribution in [0.1, 0.15) is 44.9 Å². The van der Waals surface area contributed by atoms with Crippen LogP contribution in [-0.2, 0) is 6.42 Å². The second kappa shape index (κ2) is 10.9. The lowest BCUT2D eigenvalue weighted by atomic mass is 10.1. The van der Waals surface area contributed by atoms with Crippen LogP contribution in [0.5, 0.6) is 0 Å². The smallest absolute Gasteiger partial charge is 0.227 e. The molecule has 1 aliphatic rings. The third-order valence-electron chi connectivity index (χ3n) is 5.11. The molecular weight excluding hydrogens is 362 g/mol. The van der Waals surface area contributed by atoms with Gasteiger partial charge in [0.15, 0.2) is 5.82 Å². The van der Waals surface area contributed by atoms with E-state index in [-0.39, 0.29) is 0 Å². The zero-order valence-corrected chi connectivity index (χ0v) is 17.8. The standard InChI is InChI=1S/C22H33N7/c1-4-19(5-2)28-27-17(3)24-21-16-20(15-18-9-7-6-8-10-18)25-22(26-21)29-13-11-23-12-14-29/h6-10,16,19,23,28H,4-5,11-15H2,1-3H3,(H,24,25,26,27). The minimum Gasteiger partial charge on any atom is -0.338 e. The maximum Gasteiger partial charge on any atom is 0.227 e. The van der Waals surface area contributed by atoms with Gasteiger partial charge in [0.25, 0.3) is 0 Å². The van der Waals surface area contributed by atoms with Crippen molar-refractivity contribution in [1.29, 1.82) is 0 Å². The van der Waals surface area contributed by atoms with Gasteiger partial charge >= 0.3 is 0 Å². The molecule has 0 unspecified atom stereocenters. The fourth-order valence-corrected chi connectivity index (χ4v) is 3.33. The highest BCUT2D eigenvalue weighted by molar-refractivity contribution is 5.81. The number of anilines is 1. The molecular formula is C22H33N7. The van der Waals surface area contributed by atoms with E-state index in [0.717, 1.165) is 62.9 Å². The molecule has 0 aliphatic carbocycles. The number of aromatic nitrogens is 2. The number of hydrogen-bond acceptors (Lipinski definition) is 6. The molecule has 1 aromatic carbocycles. The summed E-state index contributed by atoms with van der Waals surface area (Å²) in [5.74, 6) is 2.25. The van der Waals surface area contributed by atoms with Gasteiger partial charge in [-0.1, -0.05) is 44.2 Å². The average molecular weight is 396 g/mol. The SMILES string of the molecule is CCC(CC)NNC(C)=Nc1cc(Cc2ccccc2)nc(N2CCNCC2)n1. The molecule has 0 atom stereocenters. The predicted molar refractivity (Wildman–Crippen MR) is 120 cm³/mol. The van der Waals surface area contributed by atoms with Crippen LogP contribution < -0.4 is 21.1 Å². The fourth-order valence-electron chi connectivity index (χ4n) is 3.33. The Bertz CT molecular complexity index is 781. The van der Waals surface area contributed by atoms with Crippen LogP contribution in [0.3, 0.4) is 0 Å². The van der Waals surface area contributed by atoms with Crippen molar-refractivity contribution in [1.82, 2.24) is 26.1 Å². The highest BCUT2D eigenvalue weighted by Gasteiger charge is 2.15. The lowest BCUT2D eigenvalue weighted by Gasteiger charge is -2.27. The van der Waals surface area contributed by atoms with Crippen molar-refractivity contribution in [3.8, 4) is 0 Å². The number of hydrogen-bond donors (Lipinski definition) is 3. The molecule has 29 heavy (non-hydrogen) atoms. The Kier molecular flexibility index (Phi) is 7.95. The Labute approximate surface area is 174 Å². The largest absolute Gasteiger partial charge is 0.338 e. The summed E-state index contributed by atoms with van der Waals surface area (Å²) in [4.78, 5) is 16.5. The highest BCUT2D eigenvalue weighted by atomic mass is 15.4. The third-order valence-corrected chi connectivity index (χ3v) is 5.11. The van der Waals surface area contributed by atoms with Crippen LogP contribution >= 0.6 is 0 Å². The number of amidine groups is 1. The number of nitrogens with one attached hydrogen (secondary N) is 3. The van der Waals surface area contributed by atoms with Crippen molar-refractivity contribution in [3.05, 3.63) is 47.7 Å². The van der Waals surface area contributed by atoms with Gasteiger partial charge in [0.1, 0.15) is 5.84 Å². The molecule has 1 saturated heterocycles. The summed E-state index contributed by atoms with van der Waals surface area (Å²) < 4.78 is 0. The minimum atomic E-state index is 0.426. The van der Waals surface area contributed by atoms with Crippen molar-refractivity contribution >= 4 is 17.6 Å². The van der Waals surface area contributed by atoms with Crippen LogP contribution in [0.2, 0.25) is 0 Å². The second-order valence-corrected chi connectivity index (χ2v) is 7.40. The molecule has 156 valence electrons. The van der Waals surface area contributed by atoms with E-state index in [4.69, 9.17) is 15.0 Å². The van der Waals surface area contributed by atoms with E-state index in [1.165, 1.54) is 5.56 Å². The summed E-state index contributed by atoms with van der Waals surface area (Å²) in [6, 6.07) is 12.8. The molecule has 0 bridgehead atoms. The van der Waals surface area contributed by atoms with E-state index in [1.807, 2.05) is 19.1 Å². The number of aliphatic imine (C=N–C) groups is 1. The molecule has 0 amide bonds. The lowest BCUT2D eigenvalue weighted by Crippen LogP contribution is -2.44. The number of nitrogens with zero attached hydrogens (tertiary/aromatic N) is 4. The van der Waals surface area contributed by atoms with Crippen molar-refractivity contribution in [2.24, 2.45) is 4.99 Å². The lowest BCUT2D eigenvalue weighted by molar-refractivity contribution is 0.462. The molecule has 7 nitrogen and oxygen atoms in total.